The molecular weight excluding hydrogens is 182 g/mol. The molecule has 1 amide bonds. The molecule has 0 unspecified atom stereocenters. The largest absolute Gasteiger partial charge is 0.480 e. The van der Waals surface area contributed by atoms with Gasteiger partial charge in [-0.05, 0) is 5.92 Å². The van der Waals surface area contributed by atoms with Crippen LogP contribution in [0.5, 0.6) is 0 Å². The number of hydrogen-bond acceptors (Lipinski definition) is 2. The molecule has 0 rings (SSSR count). The molecule has 0 aliphatic rings. The van der Waals surface area contributed by atoms with E-state index in [1.54, 1.807) is 34.7 Å². The predicted octanol–water partition coefficient (Wildman–Crippen LogP) is 1.21. The van der Waals surface area contributed by atoms with E-state index in [4.69, 9.17) is 5.11 Å². The van der Waals surface area contributed by atoms with E-state index in [1.165, 1.54) is 4.90 Å². The van der Waals surface area contributed by atoms with Crippen molar-refractivity contribution in [3.05, 3.63) is 0 Å². The van der Waals surface area contributed by atoms with Crippen LogP contribution in [-0.4, -0.2) is 35.0 Å². The Labute approximate surface area is 84.9 Å². The van der Waals surface area contributed by atoms with E-state index in [0.29, 0.717) is 0 Å². The van der Waals surface area contributed by atoms with E-state index >= 15 is 0 Å². The minimum Gasteiger partial charge on any atom is -0.480 e. The first-order valence-corrected chi connectivity index (χ1v) is 4.78. The van der Waals surface area contributed by atoms with Crippen LogP contribution >= 0.6 is 0 Å². The van der Waals surface area contributed by atoms with Gasteiger partial charge in [0.25, 0.3) is 0 Å². The van der Waals surface area contributed by atoms with Gasteiger partial charge in [-0.1, -0.05) is 27.7 Å². The summed E-state index contributed by atoms with van der Waals surface area (Å²) >= 11 is 0. The highest BCUT2D eigenvalue weighted by atomic mass is 16.4. The highest BCUT2D eigenvalue weighted by molar-refractivity contribution is 5.84. The monoisotopic (exact) mass is 201 g/mol. The van der Waals surface area contributed by atoms with Crippen LogP contribution in [0.2, 0.25) is 0 Å². The molecule has 14 heavy (non-hydrogen) atoms. The van der Waals surface area contributed by atoms with Crippen LogP contribution < -0.4 is 0 Å². The molecule has 4 heteroatoms. The maximum atomic E-state index is 11.6. The summed E-state index contributed by atoms with van der Waals surface area (Å²) < 4.78 is 0. The molecule has 0 aliphatic carbocycles. The molecule has 0 saturated heterocycles. The fourth-order valence-corrected chi connectivity index (χ4v) is 1.44. The minimum absolute atomic E-state index is 0.0831. The minimum atomic E-state index is -0.948. The van der Waals surface area contributed by atoms with Crippen molar-refractivity contribution in [3.8, 4) is 0 Å². The molecule has 4 nitrogen and oxygen atoms in total. The van der Waals surface area contributed by atoms with Crippen LogP contribution in [0.15, 0.2) is 0 Å². The summed E-state index contributed by atoms with van der Waals surface area (Å²) in [5.74, 6) is -1.33. The highest BCUT2D eigenvalue weighted by Gasteiger charge is 2.30. The molecule has 0 aromatic carbocycles. The Morgan fingerprint density at radius 3 is 1.79 bits per heavy atom. The summed E-state index contributed by atoms with van der Waals surface area (Å²) in [4.78, 5) is 23.8. The third kappa shape index (κ3) is 3.01. The SMILES string of the molecule is CC(C)C(=O)N(C)[C@H](C(=O)O)C(C)C. The quantitative estimate of drug-likeness (QED) is 0.743. The summed E-state index contributed by atoms with van der Waals surface area (Å²) in [7, 11) is 1.54. The fourth-order valence-electron chi connectivity index (χ4n) is 1.44. The van der Waals surface area contributed by atoms with Crippen LogP contribution in [-0.2, 0) is 9.59 Å². The van der Waals surface area contributed by atoms with Crippen molar-refractivity contribution in [2.45, 2.75) is 33.7 Å². The van der Waals surface area contributed by atoms with Gasteiger partial charge < -0.3 is 10.0 Å². The molecule has 0 aromatic heterocycles. The van der Waals surface area contributed by atoms with Gasteiger partial charge in [-0.2, -0.15) is 0 Å². The summed E-state index contributed by atoms with van der Waals surface area (Å²) in [6.45, 7) is 7.11. The highest BCUT2D eigenvalue weighted by Crippen LogP contribution is 2.12. The molecule has 0 aromatic rings. The van der Waals surface area contributed by atoms with Gasteiger partial charge in [0.15, 0.2) is 0 Å². The third-order valence-corrected chi connectivity index (χ3v) is 2.14. The van der Waals surface area contributed by atoms with Crippen molar-refractivity contribution in [1.82, 2.24) is 4.90 Å². The molecule has 0 radical (unpaired) electrons. The maximum absolute atomic E-state index is 11.6. The number of likely N-dealkylation sites (N-methyl/N-ethyl adjacent to an activating group) is 1. The molecule has 0 fully saturated rings. The van der Waals surface area contributed by atoms with Crippen LogP contribution in [0.25, 0.3) is 0 Å². The van der Waals surface area contributed by atoms with Gasteiger partial charge in [0.2, 0.25) is 5.91 Å². The standard InChI is InChI=1S/C10H19NO3/c1-6(2)8(10(13)14)11(5)9(12)7(3)4/h6-8H,1-5H3,(H,13,14)/t8-/m0/s1. The second kappa shape index (κ2) is 4.98. The third-order valence-electron chi connectivity index (χ3n) is 2.14. The maximum Gasteiger partial charge on any atom is 0.326 e. The summed E-state index contributed by atoms with van der Waals surface area (Å²) in [5.41, 5.74) is 0. The lowest BCUT2D eigenvalue weighted by atomic mass is 10.0. The first-order chi connectivity index (χ1) is 6.29. The second-order valence-electron chi connectivity index (χ2n) is 4.13. The number of amides is 1. The van der Waals surface area contributed by atoms with Crippen LogP contribution in [0, 0.1) is 11.8 Å². The van der Waals surface area contributed by atoms with Crippen molar-refractivity contribution >= 4 is 11.9 Å². The van der Waals surface area contributed by atoms with E-state index in [2.05, 4.69) is 0 Å². The number of nitrogens with zero attached hydrogens (tertiary/aromatic N) is 1. The van der Waals surface area contributed by atoms with Crippen molar-refractivity contribution in [2.24, 2.45) is 11.8 Å². The Kier molecular flexibility index (Phi) is 4.60. The Balaban J connectivity index is 4.68. The van der Waals surface area contributed by atoms with Crippen LogP contribution in [0.4, 0.5) is 0 Å². The van der Waals surface area contributed by atoms with Gasteiger partial charge in [-0.25, -0.2) is 4.79 Å². The Bertz CT molecular complexity index is 223. The van der Waals surface area contributed by atoms with Crippen molar-refractivity contribution in [3.63, 3.8) is 0 Å². The van der Waals surface area contributed by atoms with E-state index in [1.807, 2.05) is 0 Å². The van der Waals surface area contributed by atoms with Gasteiger partial charge in [-0.3, -0.25) is 4.79 Å². The number of rotatable bonds is 4. The normalized spacial score (nSPS) is 13.1. The number of aliphatic carboxylic acids is 1. The number of hydrogen-bond donors (Lipinski definition) is 1. The number of carboxylic acids is 1. The van der Waals surface area contributed by atoms with Crippen LogP contribution in [0.1, 0.15) is 27.7 Å². The van der Waals surface area contributed by atoms with E-state index in [-0.39, 0.29) is 17.7 Å². The Hall–Kier alpha value is -1.06. The number of carbonyl (C=O) groups is 2. The summed E-state index contributed by atoms with van der Waals surface area (Å²) in [6, 6.07) is -0.732. The Morgan fingerprint density at radius 2 is 1.57 bits per heavy atom. The first-order valence-electron chi connectivity index (χ1n) is 4.78. The van der Waals surface area contributed by atoms with Crippen LogP contribution in [0.3, 0.4) is 0 Å². The van der Waals surface area contributed by atoms with E-state index < -0.39 is 12.0 Å². The zero-order valence-corrected chi connectivity index (χ0v) is 9.44. The second-order valence-corrected chi connectivity index (χ2v) is 4.13. The zero-order valence-electron chi connectivity index (χ0n) is 9.44. The number of carboxylic acid groups (broad SMARTS) is 1. The fraction of sp³-hybridized carbons (Fsp3) is 0.800. The van der Waals surface area contributed by atoms with Gasteiger partial charge in [0.05, 0.1) is 0 Å². The molecule has 0 bridgehead atoms. The van der Waals surface area contributed by atoms with Gasteiger partial charge in [-0.15, -0.1) is 0 Å². The van der Waals surface area contributed by atoms with Gasteiger partial charge >= 0.3 is 5.97 Å². The average molecular weight is 201 g/mol. The zero-order chi connectivity index (χ0) is 11.5. The molecule has 0 spiro atoms. The lowest BCUT2D eigenvalue weighted by Crippen LogP contribution is -2.47. The van der Waals surface area contributed by atoms with E-state index in [9.17, 15) is 9.59 Å². The molecule has 0 saturated carbocycles. The summed E-state index contributed by atoms with van der Waals surface area (Å²) in [5, 5.41) is 8.95. The number of carbonyl (C=O) groups excluding carboxylic acids is 1. The van der Waals surface area contributed by atoms with E-state index in [0.717, 1.165) is 0 Å². The lowest BCUT2D eigenvalue weighted by molar-refractivity contribution is -0.152. The molecule has 0 heterocycles. The Morgan fingerprint density at radius 1 is 1.14 bits per heavy atom. The molecule has 1 N–H and O–H groups in total. The van der Waals surface area contributed by atoms with Gasteiger partial charge in [0, 0.05) is 13.0 Å². The van der Waals surface area contributed by atoms with Crippen molar-refractivity contribution in [2.75, 3.05) is 7.05 Å². The average Bonchev–Trinajstić information content (AvgIpc) is 2.01. The van der Waals surface area contributed by atoms with Gasteiger partial charge in [0.1, 0.15) is 6.04 Å². The smallest absolute Gasteiger partial charge is 0.326 e. The molecule has 0 aliphatic heterocycles. The topological polar surface area (TPSA) is 57.6 Å². The predicted molar refractivity (Wildman–Crippen MR) is 53.9 cm³/mol. The molecule has 82 valence electrons. The molecular formula is C10H19NO3. The van der Waals surface area contributed by atoms with Crippen molar-refractivity contribution in [1.29, 1.82) is 0 Å². The lowest BCUT2D eigenvalue weighted by Gasteiger charge is -2.29. The van der Waals surface area contributed by atoms with Crippen molar-refractivity contribution < 1.29 is 14.7 Å². The first kappa shape index (κ1) is 12.9. The summed E-state index contributed by atoms with van der Waals surface area (Å²) in [6.07, 6.45) is 0. The molecule has 1 atom stereocenters.